The SMILES string of the molecule is Cn1ncc(C=CCCNC(=O)OCC2c3ccccc3-c3ccccc32)c1N. The van der Waals surface area contributed by atoms with Crippen molar-refractivity contribution in [2.75, 3.05) is 18.9 Å². The number of ether oxygens (including phenoxy) is 1. The van der Waals surface area contributed by atoms with Crippen LogP contribution in [0.2, 0.25) is 0 Å². The maximum absolute atomic E-state index is 12.1. The molecule has 1 aromatic heterocycles. The molecule has 0 aliphatic heterocycles. The van der Waals surface area contributed by atoms with Gasteiger partial charge >= 0.3 is 6.09 Å². The fourth-order valence-corrected chi connectivity index (χ4v) is 3.71. The van der Waals surface area contributed by atoms with E-state index in [1.807, 2.05) is 36.4 Å². The first-order valence-corrected chi connectivity index (χ1v) is 9.68. The van der Waals surface area contributed by atoms with Gasteiger partial charge in [0.25, 0.3) is 0 Å². The van der Waals surface area contributed by atoms with Crippen LogP contribution in [0.15, 0.2) is 60.8 Å². The number of carbonyl (C=O) groups is 1. The van der Waals surface area contributed by atoms with Gasteiger partial charge in [0.1, 0.15) is 12.4 Å². The Hall–Kier alpha value is -3.54. The standard InChI is InChI=1S/C23H24N4O2/c1-27-22(24)16(14-26-27)8-6-7-13-25-23(28)29-15-21-19-11-4-2-9-17(19)18-10-3-5-12-20(18)21/h2-6,8-12,14,21H,7,13,15,24H2,1H3,(H,25,28). The summed E-state index contributed by atoms with van der Waals surface area (Å²) in [5, 5.41) is 6.88. The van der Waals surface area contributed by atoms with E-state index in [-0.39, 0.29) is 5.92 Å². The Morgan fingerprint density at radius 1 is 1.17 bits per heavy atom. The van der Waals surface area contributed by atoms with Gasteiger partial charge in [0.05, 0.1) is 6.20 Å². The lowest BCUT2D eigenvalue weighted by Gasteiger charge is -2.14. The summed E-state index contributed by atoms with van der Waals surface area (Å²) < 4.78 is 7.14. The Morgan fingerprint density at radius 2 is 1.83 bits per heavy atom. The number of nitrogen functional groups attached to an aromatic ring is 1. The van der Waals surface area contributed by atoms with Crippen LogP contribution in [0.5, 0.6) is 0 Å². The zero-order valence-corrected chi connectivity index (χ0v) is 16.3. The van der Waals surface area contributed by atoms with Crippen molar-refractivity contribution in [3.8, 4) is 11.1 Å². The van der Waals surface area contributed by atoms with E-state index in [9.17, 15) is 4.79 Å². The van der Waals surface area contributed by atoms with E-state index in [0.717, 1.165) is 5.56 Å². The number of carbonyl (C=O) groups excluding carboxylic acids is 1. The second-order valence-electron chi connectivity index (χ2n) is 7.05. The fraction of sp³-hybridized carbons (Fsp3) is 0.217. The molecule has 6 heteroatoms. The molecule has 1 heterocycles. The lowest BCUT2D eigenvalue weighted by molar-refractivity contribution is 0.143. The summed E-state index contributed by atoms with van der Waals surface area (Å²) in [6.45, 7) is 0.815. The van der Waals surface area contributed by atoms with E-state index in [4.69, 9.17) is 10.5 Å². The Morgan fingerprint density at radius 3 is 2.45 bits per heavy atom. The number of aromatic nitrogens is 2. The van der Waals surface area contributed by atoms with Crippen molar-refractivity contribution in [1.82, 2.24) is 15.1 Å². The maximum Gasteiger partial charge on any atom is 0.407 e. The first-order chi connectivity index (χ1) is 14.1. The van der Waals surface area contributed by atoms with E-state index in [1.165, 1.54) is 22.3 Å². The first kappa shape index (κ1) is 18.8. The van der Waals surface area contributed by atoms with Crippen molar-refractivity contribution >= 4 is 18.0 Å². The van der Waals surface area contributed by atoms with Crippen molar-refractivity contribution in [1.29, 1.82) is 0 Å². The molecule has 1 amide bonds. The van der Waals surface area contributed by atoms with Crippen LogP contribution in [0.4, 0.5) is 10.6 Å². The molecule has 4 rings (SSSR count). The highest BCUT2D eigenvalue weighted by Gasteiger charge is 2.28. The molecule has 3 N–H and O–H groups in total. The average molecular weight is 388 g/mol. The summed E-state index contributed by atoms with van der Waals surface area (Å²) in [6, 6.07) is 16.6. The minimum absolute atomic E-state index is 0.0709. The summed E-state index contributed by atoms with van der Waals surface area (Å²) in [5.74, 6) is 0.687. The molecule has 0 saturated heterocycles. The van der Waals surface area contributed by atoms with Gasteiger partial charge in [-0.15, -0.1) is 0 Å². The molecule has 1 aliphatic rings. The van der Waals surface area contributed by atoms with Crippen molar-refractivity contribution in [3.05, 3.63) is 77.5 Å². The molecule has 0 spiro atoms. The summed E-state index contributed by atoms with van der Waals surface area (Å²) in [4.78, 5) is 12.1. The molecule has 3 aromatic rings. The van der Waals surface area contributed by atoms with Gasteiger partial charge in [-0.2, -0.15) is 5.10 Å². The molecular weight excluding hydrogens is 364 g/mol. The van der Waals surface area contributed by atoms with Crippen molar-refractivity contribution < 1.29 is 9.53 Å². The number of hydrogen-bond acceptors (Lipinski definition) is 4. The topological polar surface area (TPSA) is 82.2 Å². The third-order valence-electron chi connectivity index (χ3n) is 5.24. The Labute approximate surface area is 170 Å². The second kappa shape index (κ2) is 8.22. The predicted octanol–water partition coefficient (Wildman–Crippen LogP) is 3.94. The number of aryl methyl sites for hydroxylation is 1. The monoisotopic (exact) mass is 388 g/mol. The molecule has 0 fully saturated rings. The fourth-order valence-electron chi connectivity index (χ4n) is 3.71. The number of nitrogens with two attached hydrogens (primary N) is 1. The molecule has 0 atom stereocenters. The van der Waals surface area contributed by atoms with Gasteiger partial charge < -0.3 is 15.8 Å². The number of anilines is 1. The van der Waals surface area contributed by atoms with Crippen LogP contribution < -0.4 is 11.1 Å². The molecular formula is C23H24N4O2. The van der Waals surface area contributed by atoms with Crippen LogP contribution in [-0.2, 0) is 11.8 Å². The van der Waals surface area contributed by atoms with Crippen LogP contribution in [0.1, 0.15) is 29.0 Å². The zero-order valence-electron chi connectivity index (χ0n) is 16.3. The van der Waals surface area contributed by atoms with E-state index in [1.54, 1.807) is 17.9 Å². The number of rotatable bonds is 6. The molecule has 6 nitrogen and oxygen atoms in total. The van der Waals surface area contributed by atoms with Gasteiger partial charge in [0.2, 0.25) is 0 Å². The number of fused-ring (bicyclic) bond motifs is 3. The van der Waals surface area contributed by atoms with Crippen molar-refractivity contribution in [2.45, 2.75) is 12.3 Å². The third-order valence-corrected chi connectivity index (χ3v) is 5.24. The quantitative estimate of drug-likeness (QED) is 0.627. The second-order valence-corrected chi connectivity index (χ2v) is 7.05. The van der Waals surface area contributed by atoms with Gasteiger partial charge in [-0.1, -0.05) is 60.7 Å². The molecule has 29 heavy (non-hydrogen) atoms. The number of benzene rings is 2. The van der Waals surface area contributed by atoms with Crippen LogP contribution >= 0.6 is 0 Å². The molecule has 0 unspecified atom stereocenters. The number of amides is 1. The Kier molecular flexibility index (Phi) is 5.33. The summed E-state index contributed by atoms with van der Waals surface area (Å²) in [5.41, 5.74) is 11.6. The third kappa shape index (κ3) is 3.87. The largest absolute Gasteiger partial charge is 0.449 e. The molecule has 0 saturated carbocycles. The minimum Gasteiger partial charge on any atom is -0.449 e. The summed E-state index contributed by atoms with van der Waals surface area (Å²) in [7, 11) is 1.80. The maximum atomic E-state index is 12.1. The highest BCUT2D eigenvalue weighted by Crippen LogP contribution is 2.44. The molecule has 0 bridgehead atoms. The number of hydrogen-bond donors (Lipinski definition) is 2. The van der Waals surface area contributed by atoms with E-state index in [0.29, 0.717) is 25.4 Å². The average Bonchev–Trinajstić information content (AvgIpc) is 3.24. The lowest BCUT2D eigenvalue weighted by atomic mass is 9.98. The number of nitrogens with one attached hydrogen (secondary N) is 1. The number of alkyl carbamates (subject to hydrolysis) is 1. The van der Waals surface area contributed by atoms with E-state index in [2.05, 4.69) is 34.7 Å². The molecule has 148 valence electrons. The molecule has 1 aliphatic carbocycles. The first-order valence-electron chi connectivity index (χ1n) is 9.68. The van der Waals surface area contributed by atoms with Crippen LogP contribution in [0.3, 0.4) is 0 Å². The smallest absolute Gasteiger partial charge is 0.407 e. The van der Waals surface area contributed by atoms with Gasteiger partial charge in [-0.05, 0) is 28.7 Å². The van der Waals surface area contributed by atoms with E-state index < -0.39 is 6.09 Å². The zero-order chi connectivity index (χ0) is 20.2. The molecule has 2 aromatic carbocycles. The van der Waals surface area contributed by atoms with Crippen LogP contribution in [-0.4, -0.2) is 29.0 Å². The van der Waals surface area contributed by atoms with Gasteiger partial charge in [0, 0.05) is 25.1 Å². The van der Waals surface area contributed by atoms with Gasteiger partial charge in [-0.3, -0.25) is 4.68 Å². The predicted molar refractivity (Wildman–Crippen MR) is 114 cm³/mol. The van der Waals surface area contributed by atoms with E-state index >= 15 is 0 Å². The van der Waals surface area contributed by atoms with Crippen molar-refractivity contribution in [2.24, 2.45) is 7.05 Å². The van der Waals surface area contributed by atoms with Crippen molar-refractivity contribution in [3.63, 3.8) is 0 Å². The highest BCUT2D eigenvalue weighted by molar-refractivity contribution is 5.79. The number of nitrogens with zero attached hydrogens (tertiary/aromatic N) is 2. The minimum atomic E-state index is -0.402. The Bertz CT molecular complexity index is 1010. The summed E-state index contributed by atoms with van der Waals surface area (Å²) in [6.07, 6.45) is 5.85. The Balaban J connectivity index is 1.28. The van der Waals surface area contributed by atoms with Gasteiger partial charge in [0.15, 0.2) is 0 Å². The highest BCUT2D eigenvalue weighted by atomic mass is 16.5. The lowest BCUT2D eigenvalue weighted by Crippen LogP contribution is -2.26. The van der Waals surface area contributed by atoms with Crippen LogP contribution in [0.25, 0.3) is 17.2 Å². The van der Waals surface area contributed by atoms with Gasteiger partial charge in [-0.25, -0.2) is 4.79 Å². The molecule has 0 radical (unpaired) electrons. The normalized spacial score (nSPS) is 12.7. The summed E-state index contributed by atoms with van der Waals surface area (Å²) >= 11 is 0. The van der Waals surface area contributed by atoms with Crippen LogP contribution in [0, 0.1) is 0 Å².